The van der Waals surface area contributed by atoms with Crippen LogP contribution in [0.4, 0.5) is 5.69 Å². The molecular weight excluding hydrogens is 264 g/mol. The molecule has 5 heteroatoms. The maximum atomic E-state index is 12.1. The van der Waals surface area contributed by atoms with Crippen LogP contribution in [-0.2, 0) is 7.05 Å². The summed E-state index contributed by atoms with van der Waals surface area (Å²) >= 11 is 5.77. The smallest absolute Gasteiger partial charge is 0.272 e. The molecule has 1 aromatic carbocycles. The summed E-state index contributed by atoms with van der Waals surface area (Å²) in [5.41, 5.74) is 1.60. The second-order valence-corrected chi connectivity index (χ2v) is 4.68. The predicted octanol–water partition coefficient (Wildman–Crippen LogP) is 3.13. The fourth-order valence-electron chi connectivity index (χ4n) is 1.71. The van der Waals surface area contributed by atoms with Crippen LogP contribution in [0.15, 0.2) is 36.5 Å². The minimum atomic E-state index is -0.266. The maximum absolute atomic E-state index is 12.1. The number of Topliss-reactive ketones (excluding diaryl/α,β-unsaturated/α-hetero) is 1. The molecule has 0 unspecified atom stereocenters. The minimum absolute atomic E-state index is 0.0684. The highest BCUT2D eigenvalue weighted by atomic mass is 35.5. The number of benzene rings is 1. The van der Waals surface area contributed by atoms with Crippen molar-refractivity contribution >= 4 is 29.0 Å². The molecule has 2 aromatic rings. The standard InChI is InChI=1S/C14H13ClN2O2/c1-9(18)10-7-13(17(2)8-10)14(19)16-12-5-3-11(15)4-6-12/h3-8H,1-2H3,(H,16,19). The van der Waals surface area contributed by atoms with Gasteiger partial charge in [0.15, 0.2) is 5.78 Å². The van der Waals surface area contributed by atoms with Crippen molar-refractivity contribution in [3.63, 3.8) is 0 Å². The number of carbonyl (C=O) groups is 2. The molecular formula is C14H13ClN2O2. The topological polar surface area (TPSA) is 51.1 Å². The normalized spacial score (nSPS) is 10.3. The first-order valence-electron chi connectivity index (χ1n) is 5.71. The zero-order valence-corrected chi connectivity index (χ0v) is 11.4. The Bertz CT molecular complexity index is 629. The molecule has 0 atom stereocenters. The molecule has 0 radical (unpaired) electrons. The van der Waals surface area contributed by atoms with Gasteiger partial charge in [0.25, 0.3) is 5.91 Å². The van der Waals surface area contributed by atoms with E-state index in [0.717, 1.165) is 0 Å². The second kappa shape index (κ2) is 5.28. The van der Waals surface area contributed by atoms with Gasteiger partial charge < -0.3 is 9.88 Å². The number of anilines is 1. The van der Waals surface area contributed by atoms with E-state index in [2.05, 4.69) is 5.32 Å². The van der Waals surface area contributed by atoms with E-state index in [1.165, 1.54) is 6.92 Å². The van der Waals surface area contributed by atoms with Gasteiger partial charge in [0.05, 0.1) is 0 Å². The van der Waals surface area contributed by atoms with Crippen molar-refractivity contribution in [3.05, 3.63) is 52.8 Å². The molecule has 98 valence electrons. The zero-order chi connectivity index (χ0) is 14.0. The molecule has 2 rings (SSSR count). The number of amides is 1. The van der Waals surface area contributed by atoms with Crippen LogP contribution in [0.2, 0.25) is 5.02 Å². The fourth-order valence-corrected chi connectivity index (χ4v) is 1.84. The molecule has 19 heavy (non-hydrogen) atoms. The van der Waals surface area contributed by atoms with Crippen LogP contribution in [0.5, 0.6) is 0 Å². The quantitative estimate of drug-likeness (QED) is 0.876. The highest BCUT2D eigenvalue weighted by Gasteiger charge is 2.13. The van der Waals surface area contributed by atoms with Crippen LogP contribution in [0.25, 0.3) is 0 Å². The third kappa shape index (κ3) is 3.03. The van der Waals surface area contributed by atoms with E-state index in [9.17, 15) is 9.59 Å². The van der Waals surface area contributed by atoms with Crippen molar-refractivity contribution in [2.24, 2.45) is 7.05 Å². The van der Waals surface area contributed by atoms with Gasteiger partial charge in [0.2, 0.25) is 0 Å². The minimum Gasteiger partial charge on any atom is -0.346 e. The number of nitrogens with one attached hydrogen (secondary N) is 1. The lowest BCUT2D eigenvalue weighted by Gasteiger charge is -2.05. The van der Waals surface area contributed by atoms with Crippen molar-refractivity contribution in [3.8, 4) is 0 Å². The molecule has 0 saturated carbocycles. The number of aryl methyl sites for hydroxylation is 1. The van der Waals surface area contributed by atoms with Crippen LogP contribution >= 0.6 is 11.6 Å². The van der Waals surface area contributed by atoms with Crippen LogP contribution < -0.4 is 5.32 Å². The number of hydrogen-bond acceptors (Lipinski definition) is 2. The number of aromatic nitrogens is 1. The van der Waals surface area contributed by atoms with E-state index < -0.39 is 0 Å². The Balaban J connectivity index is 2.20. The van der Waals surface area contributed by atoms with Gasteiger partial charge in [0, 0.05) is 29.5 Å². The summed E-state index contributed by atoms with van der Waals surface area (Å²) in [6, 6.07) is 8.41. The van der Waals surface area contributed by atoms with Gasteiger partial charge in [-0.3, -0.25) is 9.59 Å². The van der Waals surface area contributed by atoms with Crippen molar-refractivity contribution in [2.75, 3.05) is 5.32 Å². The Hall–Kier alpha value is -2.07. The Morgan fingerprint density at radius 2 is 1.84 bits per heavy atom. The lowest BCUT2D eigenvalue weighted by atomic mass is 10.2. The number of nitrogens with zero attached hydrogens (tertiary/aromatic N) is 1. The second-order valence-electron chi connectivity index (χ2n) is 4.24. The third-order valence-electron chi connectivity index (χ3n) is 2.75. The molecule has 1 N–H and O–H groups in total. The molecule has 4 nitrogen and oxygen atoms in total. The Labute approximate surface area is 116 Å². The lowest BCUT2D eigenvalue weighted by Crippen LogP contribution is -2.15. The van der Waals surface area contributed by atoms with Crippen LogP contribution in [0.1, 0.15) is 27.8 Å². The van der Waals surface area contributed by atoms with Crippen LogP contribution in [0, 0.1) is 0 Å². The molecule has 1 heterocycles. The summed E-state index contributed by atoms with van der Waals surface area (Å²) in [5, 5.41) is 3.36. The summed E-state index contributed by atoms with van der Waals surface area (Å²) in [6.07, 6.45) is 1.64. The average molecular weight is 277 g/mol. The molecule has 0 aliphatic heterocycles. The number of halogens is 1. The van der Waals surface area contributed by atoms with Gasteiger partial charge in [-0.05, 0) is 37.3 Å². The highest BCUT2D eigenvalue weighted by Crippen LogP contribution is 2.15. The zero-order valence-electron chi connectivity index (χ0n) is 10.6. The Morgan fingerprint density at radius 3 is 2.37 bits per heavy atom. The summed E-state index contributed by atoms with van der Waals surface area (Å²) in [5.74, 6) is -0.335. The van der Waals surface area contributed by atoms with E-state index in [1.54, 1.807) is 48.1 Å². The van der Waals surface area contributed by atoms with Crippen LogP contribution in [-0.4, -0.2) is 16.3 Å². The van der Waals surface area contributed by atoms with Crippen LogP contribution in [0.3, 0.4) is 0 Å². The predicted molar refractivity (Wildman–Crippen MR) is 74.8 cm³/mol. The Morgan fingerprint density at radius 1 is 1.21 bits per heavy atom. The van der Waals surface area contributed by atoms with Gasteiger partial charge in [-0.25, -0.2) is 0 Å². The first-order chi connectivity index (χ1) is 8.97. The summed E-state index contributed by atoms with van der Waals surface area (Å²) < 4.78 is 1.63. The molecule has 0 aliphatic carbocycles. The molecule has 0 aliphatic rings. The number of hydrogen-bond donors (Lipinski definition) is 1. The van der Waals surface area contributed by atoms with Gasteiger partial charge in [-0.1, -0.05) is 11.6 Å². The Kier molecular flexibility index (Phi) is 3.71. The molecule has 0 bridgehead atoms. The van der Waals surface area contributed by atoms with E-state index in [4.69, 9.17) is 11.6 Å². The highest BCUT2D eigenvalue weighted by molar-refractivity contribution is 6.30. The van der Waals surface area contributed by atoms with E-state index >= 15 is 0 Å². The molecule has 0 fully saturated rings. The van der Waals surface area contributed by atoms with Gasteiger partial charge in [0.1, 0.15) is 5.69 Å². The number of rotatable bonds is 3. The third-order valence-corrected chi connectivity index (χ3v) is 3.00. The van der Waals surface area contributed by atoms with Gasteiger partial charge in [-0.15, -0.1) is 0 Å². The lowest BCUT2D eigenvalue weighted by molar-refractivity contribution is 0.101. The van der Waals surface area contributed by atoms with Crippen molar-refractivity contribution < 1.29 is 9.59 Å². The molecule has 1 aromatic heterocycles. The average Bonchev–Trinajstić information content (AvgIpc) is 2.74. The first kappa shape index (κ1) is 13.4. The van der Waals surface area contributed by atoms with Gasteiger partial charge in [-0.2, -0.15) is 0 Å². The molecule has 1 amide bonds. The summed E-state index contributed by atoms with van der Waals surface area (Å²) in [6.45, 7) is 1.47. The molecule has 0 spiro atoms. The van der Waals surface area contributed by atoms with Gasteiger partial charge >= 0.3 is 0 Å². The van der Waals surface area contributed by atoms with Crippen molar-refractivity contribution in [1.82, 2.24) is 4.57 Å². The van der Waals surface area contributed by atoms with Crippen molar-refractivity contribution in [1.29, 1.82) is 0 Å². The first-order valence-corrected chi connectivity index (χ1v) is 6.09. The van der Waals surface area contributed by atoms with E-state index in [1.807, 2.05) is 0 Å². The monoisotopic (exact) mass is 276 g/mol. The largest absolute Gasteiger partial charge is 0.346 e. The van der Waals surface area contributed by atoms with Crippen molar-refractivity contribution in [2.45, 2.75) is 6.92 Å². The fraction of sp³-hybridized carbons (Fsp3) is 0.143. The summed E-state index contributed by atoms with van der Waals surface area (Å²) in [4.78, 5) is 23.3. The molecule has 0 saturated heterocycles. The number of ketones is 1. The number of carbonyl (C=O) groups excluding carboxylic acids is 2. The summed E-state index contributed by atoms with van der Waals surface area (Å²) in [7, 11) is 1.73. The van der Waals surface area contributed by atoms with E-state index in [0.29, 0.717) is 22.0 Å². The maximum Gasteiger partial charge on any atom is 0.272 e. The SMILES string of the molecule is CC(=O)c1cc(C(=O)Nc2ccc(Cl)cc2)n(C)c1. The van der Waals surface area contributed by atoms with E-state index in [-0.39, 0.29) is 11.7 Å².